The lowest BCUT2D eigenvalue weighted by Gasteiger charge is -2.31. The van der Waals surface area contributed by atoms with Gasteiger partial charge in [-0.1, -0.05) is 67.1 Å². The van der Waals surface area contributed by atoms with E-state index in [1.54, 1.807) is 23.1 Å². The zero-order valence-corrected chi connectivity index (χ0v) is 19.5. The molecule has 6 heteroatoms. The predicted octanol–water partition coefficient (Wildman–Crippen LogP) is 6.18. The van der Waals surface area contributed by atoms with Gasteiger partial charge in [0.2, 0.25) is 0 Å². The van der Waals surface area contributed by atoms with Gasteiger partial charge in [-0.3, -0.25) is 9.59 Å². The van der Waals surface area contributed by atoms with Crippen LogP contribution in [0.5, 0.6) is 0 Å². The minimum Gasteiger partial charge on any atom is -0.349 e. The molecule has 0 aromatic heterocycles. The molecule has 1 heterocycles. The monoisotopic (exact) mass is 472 g/mol. The largest absolute Gasteiger partial charge is 0.349 e. The summed E-state index contributed by atoms with van der Waals surface area (Å²) in [5.74, 6) is -0.571. The number of benzene rings is 3. The van der Waals surface area contributed by atoms with Crippen LogP contribution in [-0.2, 0) is 11.3 Å². The average Bonchev–Trinajstić information content (AvgIpc) is 3.36. The topological polar surface area (TPSA) is 49.4 Å². The normalized spacial score (nSPS) is 17.1. The molecule has 0 spiro atoms. The van der Waals surface area contributed by atoms with E-state index in [0.29, 0.717) is 16.2 Å². The van der Waals surface area contributed by atoms with E-state index in [2.05, 4.69) is 5.32 Å². The molecule has 34 heavy (non-hydrogen) atoms. The minimum atomic E-state index is -0.319. The molecule has 1 saturated carbocycles. The zero-order valence-electron chi connectivity index (χ0n) is 18.7. The van der Waals surface area contributed by atoms with Gasteiger partial charge >= 0.3 is 0 Å². The number of amides is 2. The van der Waals surface area contributed by atoms with E-state index in [9.17, 15) is 14.0 Å². The Labute approximate surface area is 202 Å². The zero-order chi connectivity index (χ0) is 23.5. The Balaban J connectivity index is 1.50. The second-order valence-electron chi connectivity index (χ2n) is 8.68. The van der Waals surface area contributed by atoms with Gasteiger partial charge in [-0.15, -0.1) is 0 Å². The Kier molecular flexibility index (Phi) is 6.50. The number of anilines is 1. The Morgan fingerprint density at radius 2 is 1.76 bits per heavy atom. The van der Waals surface area contributed by atoms with Crippen LogP contribution in [0.25, 0.3) is 6.08 Å². The molecule has 0 bridgehead atoms. The van der Waals surface area contributed by atoms with Crippen molar-refractivity contribution < 1.29 is 14.0 Å². The minimum absolute atomic E-state index is 0.112. The quantitative estimate of drug-likeness (QED) is 0.451. The predicted molar refractivity (Wildman–Crippen MR) is 134 cm³/mol. The summed E-state index contributed by atoms with van der Waals surface area (Å²) >= 11 is 1.41. The summed E-state index contributed by atoms with van der Waals surface area (Å²) in [5, 5.41) is 3.12. The first-order chi connectivity index (χ1) is 16.6. The summed E-state index contributed by atoms with van der Waals surface area (Å²) in [6, 6.07) is 21.6. The smallest absolute Gasteiger partial charge is 0.265 e. The van der Waals surface area contributed by atoms with Crippen molar-refractivity contribution >= 4 is 35.3 Å². The lowest BCUT2D eigenvalue weighted by atomic mass is 10.1. The molecule has 1 aliphatic heterocycles. The van der Waals surface area contributed by atoms with E-state index in [1.807, 2.05) is 48.5 Å². The van der Waals surface area contributed by atoms with Crippen molar-refractivity contribution in [2.24, 2.45) is 0 Å². The van der Waals surface area contributed by atoms with E-state index in [4.69, 9.17) is 0 Å². The molecule has 0 atom stereocenters. The lowest BCUT2D eigenvalue weighted by Crippen LogP contribution is -2.35. The van der Waals surface area contributed by atoms with Crippen molar-refractivity contribution in [3.8, 4) is 0 Å². The highest BCUT2D eigenvalue weighted by Gasteiger charge is 2.30. The molecule has 0 unspecified atom stereocenters. The number of carbonyl (C=O) groups is 2. The maximum Gasteiger partial charge on any atom is 0.265 e. The molecule has 5 rings (SSSR count). The lowest BCUT2D eigenvalue weighted by molar-refractivity contribution is -0.114. The van der Waals surface area contributed by atoms with Crippen molar-refractivity contribution in [3.05, 3.63) is 100 Å². The molecule has 172 valence electrons. The molecular weight excluding hydrogens is 447 g/mol. The first-order valence-electron chi connectivity index (χ1n) is 11.5. The van der Waals surface area contributed by atoms with E-state index in [-0.39, 0.29) is 30.2 Å². The number of halogens is 1. The Hall–Kier alpha value is -3.38. The van der Waals surface area contributed by atoms with Gasteiger partial charge in [-0.25, -0.2) is 4.39 Å². The van der Waals surface area contributed by atoms with Crippen molar-refractivity contribution in [1.29, 1.82) is 0 Å². The van der Waals surface area contributed by atoms with E-state index >= 15 is 0 Å². The maximum atomic E-state index is 13.6. The fraction of sp³-hybridized carbons (Fsp3) is 0.214. The third-order valence-electron chi connectivity index (χ3n) is 6.23. The van der Waals surface area contributed by atoms with Crippen molar-refractivity contribution in [3.63, 3.8) is 0 Å². The summed E-state index contributed by atoms with van der Waals surface area (Å²) in [4.78, 5) is 29.7. The van der Waals surface area contributed by atoms with Crippen molar-refractivity contribution in [2.45, 2.75) is 43.2 Å². The van der Waals surface area contributed by atoms with Gasteiger partial charge in [-0.05, 0) is 60.4 Å². The van der Waals surface area contributed by atoms with Crippen LogP contribution in [0.2, 0.25) is 0 Å². The number of thioether (sulfide) groups is 1. The SMILES string of the molecule is O=C(NC1CCCC1)c1ccc2c(c1)N(Cc1ccc(F)cc1)C(=O)/C(=C/c1ccccc1)S2. The fourth-order valence-corrected chi connectivity index (χ4v) is 5.46. The fourth-order valence-electron chi connectivity index (χ4n) is 4.42. The molecule has 2 aliphatic rings. The second kappa shape index (κ2) is 9.85. The van der Waals surface area contributed by atoms with E-state index < -0.39 is 0 Å². The van der Waals surface area contributed by atoms with Crippen molar-refractivity contribution in [1.82, 2.24) is 5.32 Å². The van der Waals surface area contributed by atoms with Gasteiger partial charge in [0.15, 0.2) is 0 Å². The van der Waals surface area contributed by atoms with Crippen molar-refractivity contribution in [2.75, 3.05) is 4.90 Å². The molecular formula is C28H25FN2O2S. The highest BCUT2D eigenvalue weighted by molar-refractivity contribution is 8.04. The van der Waals surface area contributed by atoms with Gasteiger partial charge in [0.25, 0.3) is 11.8 Å². The summed E-state index contributed by atoms with van der Waals surface area (Å²) < 4.78 is 13.5. The van der Waals surface area contributed by atoms with Gasteiger partial charge < -0.3 is 10.2 Å². The van der Waals surface area contributed by atoms with Crippen LogP contribution in [0, 0.1) is 5.82 Å². The highest BCUT2D eigenvalue weighted by atomic mass is 32.2. The van der Waals surface area contributed by atoms with Crippen LogP contribution in [0.1, 0.15) is 47.2 Å². The van der Waals surface area contributed by atoms with Crippen LogP contribution in [-0.4, -0.2) is 17.9 Å². The van der Waals surface area contributed by atoms with Crippen LogP contribution >= 0.6 is 11.8 Å². The number of fused-ring (bicyclic) bond motifs is 1. The Morgan fingerprint density at radius 3 is 2.50 bits per heavy atom. The molecule has 2 amide bonds. The first-order valence-corrected chi connectivity index (χ1v) is 12.3. The molecule has 0 saturated heterocycles. The second-order valence-corrected chi connectivity index (χ2v) is 9.76. The molecule has 0 radical (unpaired) electrons. The summed E-state index contributed by atoms with van der Waals surface area (Å²) in [7, 11) is 0. The number of hydrogen-bond donors (Lipinski definition) is 1. The van der Waals surface area contributed by atoms with E-state index in [1.165, 1.54) is 23.9 Å². The molecule has 4 nitrogen and oxygen atoms in total. The van der Waals surface area contributed by atoms with Gasteiger partial charge in [-0.2, -0.15) is 0 Å². The standard InChI is InChI=1S/C28H25FN2O2S/c29-22-13-10-20(11-14-22)18-31-24-17-21(27(32)30-23-8-4-5-9-23)12-15-25(24)34-26(28(31)33)16-19-6-2-1-3-7-19/h1-3,6-7,10-17,23H,4-5,8-9,18H2,(H,30,32)/b26-16-. The Bertz CT molecular complexity index is 1240. The molecule has 3 aromatic rings. The number of carbonyl (C=O) groups excluding carboxylic acids is 2. The number of nitrogens with zero attached hydrogens (tertiary/aromatic N) is 1. The summed E-state index contributed by atoms with van der Waals surface area (Å²) in [5.41, 5.74) is 2.99. The summed E-state index contributed by atoms with van der Waals surface area (Å²) in [6.45, 7) is 0.284. The first kappa shape index (κ1) is 22.4. The average molecular weight is 473 g/mol. The third-order valence-corrected chi connectivity index (χ3v) is 7.31. The van der Waals surface area contributed by atoms with Crippen LogP contribution in [0.15, 0.2) is 82.6 Å². The number of nitrogens with one attached hydrogen (secondary N) is 1. The van der Waals surface area contributed by atoms with Crippen LogP contribution in [0.4, 0.5) is 10.1 Å². The molecule has 1 aliphatic carbocycles. The Morgan fingerprint density at radius 1 is 1.03 bits per heavy atom. The van der Waals surface area contributed by atoms with Gasteiger partial charge in [0.1, 0.15) is 5.82 Å². The number of hydrogen-bond acceptors (Lipinski definition) is 3. The third kappa shape index (κ3) is 4.92. The van der Waals surface area contributed by atoms with Gasteiger partial charge in [0, 0.05) is 16.5 Å². The van der Waals surface area contributed by atoms with Gasteiger partial charge in [0.05, 0.1) is 17.1 Å². The van der Waals surface area contributed by atoms with Crippen LogP contribution < -0.4 is 10.2 Å². The summed E-state index contributed by atoms with van der Waals surface area (Å²) in [6.07, 6.45) is 6.18. The maximum absolute atomic E-state index is 13.6. The molecule has 1 N–H and O–H groups in total. The van der Waals surface area contributed by atoms with Crippen LogP contribution in [0.3, 0.4) is 0 Å². The number of rotatable bonds is 5. The highest BCUT2D eigenvalue weighted by Crippen LogP contribution is 2.43. The van der Waals surface area contributed by atoms with E-state index in [0.717, 1.165) is 41.7 Å². The molecule has 1 fully saturated rings. The molecule has 3 aromatic carbocycles.